The average Bonchev–Trinajstić information content (AvgIpc) is 3.40. The molecule has 1 atom stereocenters. The summed E-state index contributed by atoms with van der Waals surface area (Å²) in [7, 11) is -0.957. The molecule has 1 heterocycles. The molecule has 0 spiro atoms. The summed E-state index contributed by atoms with van der Waals surface area (Å²) in [6.45, 7) is 14.9. The quantitative estimate of drug-likeness (QED) is 0.136. The molecular formula is C38H49N3O5Si. The van der Waals surface area contributed by atoms with Crippen molar-refractivity contribution >= 4 is 30.8 Å². The zero-order valence-electron chi connectivity index (χ0n) is 29.0. The summed E-state index contributed by atoms with van der Waals surface area (Å²) < 4.78 is 19.6. The standard InChI is InChI=1S/C38H49N3O5Si/c1-9-44-35(42)34-40-33(27-41(34)8)29-22-20-28(21-23-29)26-30(39-36(43)46-37(2,3)4)24-25-45-47(38(5,6)7,31-16-12-10-13-17-31)32-18-14-11-15-19-32/h10-23,27,30H,9,24-26H2,1-8H3,(H,39,43)/t30-/m1/s1. The van der Waals surface area contributed by atoms with E-state index in [1.807, 2.05) is 63.4 Å². The fourth-order valence-electron chi connectivity index (χ4n) is 5.90. The first kappa shape index (κ1) is 35.6. The molecule has 0 aliphatic carbocycles. The number of carbonyl (C=O) groups excluding carboxylic acids is 2. The van der Waals surface area contributed by atoms with Crippen molar-refractivity contribution in [1.82, 2.24) is 14.9 Å². The first-order valence-corrected chi connectivity index (χ1v) is 18.2. The number of rotatable bonds is 12. The minimum absolute atomic E-state index is 0.155. The highest BCUT2D eigenvalue weighted by molar-refractivity contribution is 6.99. The molecule has 0 radical (unpaired) electrons. The van der Waals surface area contributed by atoms with E-state index in [4.69, 9.17) is 13.9 Å². The van der Waals surface area contributed by atoms with Crippen LogP contribution in [0.5, 0.6) is 0 Å². The monoisotopic (exact) mass is 655 g/mol. The lowest BCUT2D eigenvalue weighted by Crippen LogP contribution is -2.66. The van der Waals surface area contributed by atoms with Gasteiger partial charge in [-0.1, -0.05) is 106 Å². The summed E-state index contributed by atoms with van der Waals surface area (Å²) in [4.78, 5) is 29.7. The molecule has 0 saturated carbocycles. The molecule has 4 rings (SSSR count). The van der Waals surface area contributed by atoms with Gasteiger partial charge in [0.15, 0.2) is 0 Å². The van der Waals surface area contributed by atoms with Crippen molar-refractivity contribution in [3.63, 3.8) is 0 Å². The van der Waals surface area contributed by atoms with Gasteiger partial charge in [-0.2, -0.15) is 0 Å². The zero-order chi connectivity index (χ0) is 34.2. The van der Waals surface area contributed by atoms with Crippen molar-refractivity contribution in [2.45, 2.75) is 78.0 Å². The maximum atomic E-state index is 13.0. The maximum Gasteiger partial charge on any atom is 0.407 e. The molecule has 9 heteroatoms. The molecule has 8 nitrogen and oxygen atoms in total. The second-order valence-corrected chi connectivity index (χ2v) is 18.1. The van der Waals surface area contributed by atoms with Gasteiger partial charge in [0.25, 0.3) is 8.32 Å². The summed E-state index contributed by atoms with van der Waals surface area (Å²) in [6, 6.07) is 28.9. The number of alkyl carbamates (subject to hydrolysis) is 1. The molecule has 0 aliphatic rings. The Morgan fingerprint density at radius 1 is 0.872 bits per heavy atom. The van der Waals surface area contributed by atoms with Crippen molar-refractivity contribution < 1.29 is 23.5 Å². The van der Waals surface area contributed by atoms with Crippen LogP contribution >= 0.6 is 0 Å². The fraction of sp³-hybridized carbons (Fsp3) is 0.395. The van der Waals surface area contributed by atoms with E-state index < -0.39 is 26.0 Å². The number of nitrogens with zero attached hydrogens (tertiary/aromatic N) is 2. The predicted octanol–water partition coefficient (Wildman–Crippen LogP) is 6.67. The Bertz CT molecular complexity index is 1570. The summed E-state index contributed by atoms with van der Waals surface area (Å²) >= 11 is 0. The second kappa shape index (κ2) is 15.1. The highest BCUT2D eigenvalue weighted by Gasteiger charge is 2.50. The lowest BCUT2D eigenvalue weighted by molar-refractivity contribution is 0.0491. The normalized spacial score (nSPS) is 12.8. The molecule has 0 fully saturated rings. The molecule has 1 aromatic heterocycles. The van der Waals surface area contributed by atoms with Gasteiger partial charge >= 0.3 is 12.1 Å². The number of hydrogen-bond donors (Lipinski definition) is 1. The molecule has 3 aromatic carbocycles. The van der Waals surface area contributed by atoms with Crippen molar-refractivity contribution in [1.29, 1.82) is 0 Å². The second-order valence-electron chi connectivity index (χ2n) is 13.8. The average molecular weight is 656 g/mol. The molecule has 4 aromatic rings. The smallest absolute Gasteiger partial charge is 0.407 e. The lowest BCUT2D eigenvalue weighted by atomic mass is 10.0. The number of hydrogen-bond acceptors (Lipinski definition) is 6. The van der Waals surface area contributed by atoms with Crippen LogP contribution in [-0.2, 0) is 27.4 Å². The first-order valence-electron chi connectivity index (χ1n) is 16.3. The molecule has 1 amide bonds. The Hall–Kier alpha value is -4.21. The number of nitrogens with one attached hydrogen (secondary N) is 1. The first-order chi connectivity index (χ1) is 22.2. The Labute approximate surface area is 280 Å². The van der Waals surface area contributed by atoms with Crippen LogP contribution in [0.2, 0.25) is 5.04 Å². The van der Waals surface area contributed by atoms with E-state index in [9.17, 15) is 9.59 Å². The van der Waals surface area contributed by atoms with Crippen molar-refractivity contribution in [3.8, 4) is 11.3 Å². The van der Waals surface area contributed by atoms with Crippen LogP contribution < -0.4 is 15.7 Å². The third kappa shape index (κ3) is 8.99. The summed E-state index contributed by atoms with van der Waals surface area (Å²) in [5.74, 6) is -0.192. The topological polar surface area (TPSA) is 91.7 Å². The minimum Gasteiger partial charge on any atom is -0.460 e. The Balaban J connectivity index is 1.57. The van der Waals surface area contributed by atoms with Crippen molar-refractivity contribution in [3.05, 3.63) is 103 Å². The number of aromatic nitrogens is 2. The number of esters is 1. The van der Waals surface area contributed by atoms with Crippen LogP contribution in [-0.4, -0.2) is 54.8 Å². The van der Waals surface area contributed by atoms with E-state index >= 15 is 0 Å². The van der Waals surface area contributed by atoms with Gasteiger partial charge in [-0.15, -0.1) is 0 Å². The van der Waals surface area contributed by atoms with Crippen LogP contribution in [0.3, 0.4) is 0 Å². The van der Waals surface area contributed by atoms with E-state index in [2.05, 4.69) is 79.6 Å². The van der Waals surface area contributed by atoms with E-state index in [-0.39, 0.29) is 23.5 Å². The molecule has 250 valence electrons. The number of imidazole rings is 1. The SMILES string of the molecule is CCOC(=O)c1nc(-c2ccc(C[C@@H](CCO[Si](c3ccccc3)(c3ccccc3)C(C)(C)C)NC(=O)OC(C)(C)C)cc2)cn1C. The van der Waals surface area contributed by atoms with Crippen LogP contribution in [0.1, 0.15) is 71.1 Å². The third-order valence-electron chi connectivity index (χ3n) is 7.99. The van der Waals surface area contributed by atoms with Gasteiger partial charge < -0.3 is 23.8 Å². The largest absolute Gasteiger partial charge is 0.460 e. The van der Waals surface area contributed by atoms with Crippen molar-refractivity contribution in [2.75, 3.05) is 13.2 Å². The van der Waals surface area contributed by atoms with Gasteiger partial charge in [-0.25, -0.2) is 14.6 Å². The molecular weight excluding hydrogens is 607 g/mol. The molecule has 47 heavy (non-hydrogen) atoms. The van der Waals surface area contributed by atoms with Gasteiger partial charge in [-0.3, -0.25) is 0 Å². The molecule has 0 bridgehead atoms. The summed E-state index contributed by atoms with van der Waals surface area (Å²) in [5.41, 5.74) is 1.99. The van der Waals surface area contributed by atoms with Crippen LogP contribution in [0.25, 0.3) is 11.3 Å². The van der Waals surface area contributed by atoms with Crippen LogP contribution in [0.4, 0.5) is 4.79 Å². The van der Waals surface area contributed by atoms with Crippen molar-refractivity contribution in [2.24, 2.45) is 7.05 Å². The predicted molar refractivity (Wildman–Crippen MR) is 190 cm³/mol. The molecule has 0 saturated heterocycles. The van der Waals surface area contributed by atoms with Gasteiger partial charge in [0, 0.05) is 31.5 Å². The highest BCUT2D eigenvalue weighted by Crippen LogP contribution is 2.37. The summed E-state index contributed by atoms with van der Waals surface area (Å²) in [5, 5.41) is 5.39. The lowest BCUT2D eigenvalue weighted by Gasteiger charge is -2.43. The minimum atomic E-state index is -2.73. The number of benzene rings is 3. The van der Waals surface area contributed by atoms with E-state index in [0.717, 1.165) is 11.1 Å². The Kier molecular flexibility index (Phi) is 11.5. The van der Waals surface area contributed by atoms with E-state index in [0.29, 0.717) is 25.1 Å². The molecule has 0 unspecified atom stereocenters. The number of amides is 1. The van der Waals surface area contributed by atoms with Crippen LogP contribution in [0, 0.1) is 0 Å². The Morgan fingerprint density at radius 2 is 1.45 bits per heavy atom. The number of ether oxygens (including phenoxy) is 2. The van der Waals surface area contributed by atoms with Gasteiger partial charge in [0.2, 0.25) is 5.82 Å². The van der Waals surface area contributed by atoms with E-state index in [1.165, 1.54) is 10.4 Å². The van der Waals surface area contributed by atoms with Crippen LogP contribution in [0.15, 0.2) is 91.1 Å². The summed E-state index contributed by atoms with van der Waals surface area (Å²) in [6.07, 6.45) is 2.54. The Morgan fingerprint density at radius 3 is 1.96 bits per heavy atom. The zero-order valence-corrected chi connectivity index (χ0v) is 30.0. The molecule has 0 aliphatic heterocycles. The van der Waals surface area contributed by atoms with E-state index in [1.54, 1.807) is 18.5 Å². The highest BCUT2D eigenvalue weighted by atomic mass is 28.4. The van der Waals surface area contributed by atoms with Gasteiger partial charge in [0.05, 0.1) is 12.3 Å². The van der Waals surface area contributed by atoms with Gasteiger partial charge in [-0.05, 0) is 61.5 Å². The maximum absolute atomic E-state index is 13.0. The number of carbonyl (C=O) groups is 2. The third-order valence-corrected chi connectivity index (χ3v) is 13.0. The molecule has 1 N–H and O–H groups in total. The fourth-order valence-corrected chi connectivity index (χ4v) is 10.5. The van der Waals surface area contributed by atoms with Gasteiger partial charge in [0.1, 0.15) is 5.60 Å². The number of aryl methyl sites for hydroxylation is 1.